The van der Waals surface area contributed by atoms with Crippen molar-refractivity contribution in [3.63, 3.8) is 0 Å². The summed E-state index contributed by atoms with van der Waals surface area (Å²) in [6.45, 7) is 1.59. The second-order valence-electron chi connectivity index (χ2n) is 4.51. The molecule has 1 atom stereocenters. The number of halogens is 4. The summed E-state index contributed by atoms with van der Waals surface area (Å²) in [5, 5.41) is 6.28. The minimum Gasteiger partial charge on any atom is -0.434 e. The van der Waals surface area contributed by atoms with Gasteiger partial charge >= 0.3 is 6.61 Å². The molecule has 0 amide bonds. The lowest BCUT2D eigenvalue weighted by Gasteiger charge is -2.17. The molecular weight excluding hydrogens is 471 g/mol. The van der Waals surface area contributed by atoms with Gasteiger partial charge in [-0.3, -0.25) is 4.99 Å². The smallest absolute Gasteiger partial charge is 0.387 e. The molecule has 0 bridgehead atoms. The molecule has 0 aliphatic carbocycles. The first-order chi connectivity index (χ1) is 9.96. The second kappa shape index (κ2) is 11.0. The van der Waals surface area contributed by atoms with Crippen LogP contribution >= 0.6 is 39.9 Å². The summed E-state index contributed by atoms with van der Waals surface area (Å²) >= 11 is 3.32. The molecular formula is C14H21BrF2IN3O. The summed E-state index contributed by atoms with van der Waals surface area (Å²) in [6.07, 6.45) is 0.956. The zero-order valence-electron chi connectivity index (χ0n) is 12.7. The van der Waals surface area contributed by atoms with Crippen LogP contribution < -0.4 is 15.4 Å². The fourth-order valence-corrected chi connectivity index (χ4v) is 2.01. The van der Waals surface area contributed by atoms with Gasteiger partial charge in [0, 0.05) is 29.7 Å². The molecule has 2 N–H and O–H groups in total. The van der Waals surface area contributed by atoms with Crippen molar-refractivity contribution in [3.8, 4) is 5.75 Å². The molecule has 0 aromatic heterocycles. The van der Waals surface area contributed by atoms with E-state index in [0.717, 1.165) is 10.9 Å². The van der Waals surface area contributed by atoms with E-state index in [9.17, 15) is 8.78 Å². The quantitative estimate of drug-likeness (QED) is 0.357. The molecule has 0 spiro atoms. The third-order valence-corrected chi connectivity index (χ3v) is 3.40. The van der Waals surface area contributed by atoms with Crippen molar-refractivity contribution in [2.75, 3.05) is 7.05 Å². The van der Waals surface area contributed by atoms with Gasteiger partial charge < -0.3 is 15.4 Å². The molecule has 0 saturated heterocycles. The first-order valence-electron chi connectivity index (χ1n) is 6.66. The van der Waals surface area contributed by atoms with Crippen LogP contribution in [0.1, 0.15) is 25.8 Å². The Morgan fingerprint density at radius 1 is 1.41 bits per heavy atom. The highest BCUT2D eigenvalue weighted by Gasteiger charge is 2.11. The second-order valence-corrected chi connectivity index (χ2v) is 5.43. The number of nitrogens with one attached hydrogen (secondary N) is 2. The van der Waals surface area contributed by atoms with Crippen LogP contribution in [0.4, 0.5) is 8.78 Å². The minimum atomic E-state index is -2.84. The SMILES string of the molecule is CCC(C)NC(=NC)NCc1cc(Br)ccc1OC(F)F.I. The Morgan fingerprint density at radius 2 is 2.09 bits per heavy atom. The fraction of sp³-hybridized carbons (Fsp3) is 0.500. The Kier molecular flexibility index (Phi) is 10.7. The zero-order valence-corrected chi connectivity index (χ0v) is 16.6. The topological polar surface area (TPSA) is 45.7 Å². The highest BCUT2D eigenvalue weighted by atomic mass is 127. The van der Waals surface area contributed by atoms with Crippen molar-refractivity contribution in [2.24, 2.45) is 4.99 Å². The minimum absolute atomic E-state index is 0. The number of rotatable bonds is 6. The van der Waals surface area contributed by atoms with E-state index in [2.05, 4.69) is 43.2 Å². The maximum absolute atomic E-state index is 12.4. The van der Waals surface area contributed by atoms with E-state index in [1.807, 2.05) is 6.92 Å². The van der Waals surface area contributed by atoms with Crippen LogP contribution in [0, 0.1) is 0 Å². The molecule has 0 fully saturated rings. The Hall–Kier alpha value is -0.640. The molecule has 1 aromatic carbocycles. The third kappa shape index (κ3) is 7.57. The van der Waals surface area contributed by atoms with Gasteiger partial charge in [-0.05, 0) is 31.5 Å². The Labute approximate surface area is 155 Å². The number of guanidine groups is 1. The van der Waals surface area contributed by atoms with Crippen LogP contribution in [0.25, 0.3) is 0 Å². The molecule has 1 unspecified atom stereocenters. The number of hydrogen-bond donors (Lipinski definition) is 2. The number of benzene rings is 1. The molecule has 0 radical (unpaired) electrons. The van der Waals surface area contributed by atoms with E-state index in [1.54, 1.807) is 19.2 Å². The van der Waals surface area contributed by atoms with Gasteiger partial charge in [-0.1, -0.05) is 22.9 Å². The molecule has 126 valence electrons. The van der Waals surface area contributed by atoms with Gasteiger partial charge in [0.1, 0.15) is 5.75 Å². The summed E-state index contributed by atoms with van der Waals surface area (Å²) in [7, 11) is 1.66. The van der Waals surface area contributed by atoms with E-state index >= 15 is 0 Å². The van der Waals surface area contributed by atoms with Crippen LogP contribution in [-0.2, 0) is 6.54 Å². The van der Waals surface area contributed by atoms with Crippen LogP contribution in [0.5, 0.6) is 5.75 Å². The number of nitrogens with zero attached hydrogens (tertiary/aromatic N) is 1. The van der Waals surface area contributed by atoms with Gasteiger partial charge in [0.05, 0.1) is 0 Å². The van der Waals surface area contributed by atoms with Gasteiger partial charge in [-0.15, -0.1) is 24.0 Å². The lowest BCUT2D eigenvalue weighted by Crippen LogP contribution is -2.41. The maximum Gasteiger partial charge on any atom is 0.387 e. The van der Waals surface area contributed by atoms with Gasteiger partial charge in [0.2, 0.25) is 0 Å². The molecule has 1 aromatic rings. The van der Waals surface area contributed by atoms with E-state index in [1.165, 1.54) is 6.07 Å². The van der Waals surface area contributed by atoms with E-state index in [4.69, 9.17) is 0 Å². The largest absolute Gasteiger partial charge is 0.434 e. The number of alkyl halides is 2. The summed E-state index contributed by atoms with van der Waals surface area (Å²) in [6, 6.07) is 5.18. The molecule has 22 heavy (non-hydrogen) atoms. The summed E-state index contributed by atoms with van der Waals surface area (Å²) in [5.74, 6) is 0.770. The lowest BCUT2D eigenvalue weighted by atomic mass is 10.2. The normalized spacial score (nSPS) is 12.6. The van der Waals surface area contributed by atoms with Gasteiger partial charge in [-0.25, -0.2) is 0 Å². The molecule has 4 nitrogen and oxygen atoms in total. The summed E-state index contributed by atoms with van der Waals surface area (Å²) < 4.78 is 30.1. The maximum atomic E-state index is 12.4. The first-order valence-corrected chi connectivity index (χ1v) is 7.46. The van der Waals surface area contributed by atoms with Crippen LogP contribution in [0.2, 0.25) is 0 Å². The van der Waals surface area contributed by atoms with Crippen LogP contribution in [-0.4, -0.2) is 25.7 Å². The lowest BCUT2D eigenvalue weighted by molar-refractivity contribution is -0.0504. The van der Waals surface area contributed by atoms with Crippen LogP contribution in [0.15, 0.2) is 27.7 Å². The highest BCUT2D eigenvalue weighted by molar-refractivity contribution is 14.0. The molecule has 0 aliphatic heterocycles. The Morgan fingerprint density at radius 3 is 2.64 bits per heavy atom. The predicted molar refractivity (Wildman–Crippen MR) is 99.3 cm³/mol. The van der Waals surface area contributed by atoms with Crippen molar-refractivity contribution in [1.29, 1.82) is 0 Å². The Balaban J connectivity index is 0.00000441. The van der Waals surface area contributed by atoms with Crippen molar-refractivity contribution < 1.29 is 13.5 Å². The molecule has 0 saturated carbocycles. The monoisotopic (exact) mass is 491 g/mol. The third-order valence-electron chi connectivity index (χ3n) is 2.90. The van der Waals surface area contributed by atoms with Crippen molar-refractivity contribution in [1.82, 2.24) is 10.6 Å². The van der Waals surface area contributed by atoms with E-state index in [-0.39, 0.29) is 35.8 Å². The van der Waals surface area contributed by atoms with Crippen molar-refractivity contribution >= 4 is 45.9 Å². The summed E-state index contributed by atoms with van der Waals surface area (Å²) in [4.78, 5) is 4.10. The van der Waals surface area contributed by atoms with Crippen molar-refractivity contribution in [2.45, 2.75) is 39.5 Å². The molecule has 8 heteroatoms. The Bertz CT molecular complexity index is 489. The number of ether oxygens (including phenoxy) is 1. The zero-order chi connectivity index (χ0) is 15.8. The number of aliphatic imine (C=N–C) groups is 1. The summed E-state index contributed by atoms with van der Waals surface area (Å²) in [5.41, 5.74) is 0.622. The molecule has 0 aliphatic rings. The molecule has 1 rings (SSSR count). The highest BCUT2D eigenvalue weighted by Crippen LogP contribution is 2.24. The average molecular weight is 492 g/mol. The van der Waals surface area contributed by atoms with E-state index in [0.29, 0.717) is 18.1 Å². The fourth-order valence-electron chi connectivity index (χ4n) is 1.61. The first kappa shape index (κ1) is 21.4. The average Bonchev–Trinajstić information content (AvgIpc) is 2.45. The predicted octanol–water partition coefficient (Wildman–Crippen LogP) is 4.13. The number of hydrogen-bond acceptors (Lipinski definition) is 2. The van der Waals surface area contributed by atoms with Crippen LogP contribution in [0.3, 0.4) is 0 Å². The van der Waals surface area contributed by atoms with Gasteiger partial charge in [0.15, 0.2) is 5.96 Å². The van der Waals surface area contributed by atoms with Gasteiger partial charge in [-0.2, -0.15) is 8.78 Å². The standard InChI is InChI=1S/C14H20BrF2N3O.HI/c1-4-9(2)20-14(18-3)19-8-10-7-11(15)5-6-12(10)21-13(16)17;/h5-7,9,13H,4,8H2,1-3H3,(H2,18,19,20);1H. The van der Waals surface area contributed by atoms with Crippen molar-refractivity contribution in [3.05, 3.63) is 28.2 Å². The van der Waals surface area contributed by atoms with Gasteiger partial charge in [0.25, 0.3) is 0 Å². The molecule has 0 heterocycles. The van der Waals surface area contributed by atoms with E-state index < -0.39 is 6.61 Å².